The Labute approximate surface area is 109 Å². The Kier molecular flexibility index (Phi) is 4.23. The quantitative estimate of drug-likeness (QED) is 0.861. The van der Waals surface area contributed by atoms with Crippen molar-refractivity contribution in [1.29, 1.82) is 0 Å². The fourth-order valence-electron chi connectivity index (χ4n) is 1.54. The molecule has 2 nitrogen and oxygen atoms in total. The van der Waals surface area contributed by atoms with E-state index in [9.17, 15) is 8.78 Å². The normalized spacial score (nSPS) is 10.6. The van der Waals surface area contributed by atoms with E-state index in [4.69, 9.17) is 11.6 Å². The minimum atomic E-state index is -0.545. The monoisotopic (exact) mass is 268 g/mol. The minimum Gasteiger partial charge on any atom is -0.308 e. The van der Waals surface area contributed by atoms with Crippen LogP contribution in [0.4, 0.5) is 8.78 Å². The molecule has 1 aromatic heterocycles. The smallest absolute Gasteiger partial charge is 0.130 e. The third kappa shape index (κ3) is 3.24. The van der Waals surface area contributed by atoms with Crippen LogP contribution in [0.2, 0.25) is 5.15 Å². The SMILES string of the molecule is Fc1cccc(F)c1CNCc1ccc(Cl)nc1. The van der Waals surface area contributed by atoms with Crippen molar-refractivity contribution in [1.82, 2.24) is 10.3 Å². The number of rotatable bonds is 4. The van der Waals surface area contributed by atoms with Crippen LogP contribution in [0.5, 0.6) is 0 Å². The van der Waals surface area contributed by atoms with Gasteiger partial charge in [-0.15, -0.1) is 0 Å². The molecule has 18 heavy (non-hydrogen) atoms. The van der Waals surface area contributed by atoms with Crippen LogP contribution in [0.3, 0.4) is 0 Å². The maximum atomic E-state index is 13.3. The van der Waals surface area contributed by atoms with E-state index in [-0.39, 0.29) is 12.1 Å². The predicted molar refractivity (Wildman–Crippen MR) is 66.1 cm³/mol. The molecule has 1 heterocycles. The summed E-state index contributed by atoms with van der Waals surface area (Å²) >= 11 is 5.65. The van der Waals surface area contributed by atoms with Gasteiger partial charge in [0.25, 0.3) is 0 Å². The molecule has 0 saturated heterocycles. The number of aromatic nitrogens is 1. The molecule has 0 aliphatic carbocycles. The van der Waals surface area contributed by atoms with Crippen molar-refractivity contribution in [2.24, 2.45) is 0 Å². The van der Waals surface area contributed by atoms with Gasteiger partial charge in [-0.3, -0.25) is 0 Å². The lowest BCUT2D eigenvalue weighted by Gasteiger charge is -2.07. The Hall–Kier alpha value is -1.52. The fraction of sp³-hybridized carbons (Fsp3) is 0.154. The Balaban J connectivity index is 1.94. The first-order valence-electron chi connectivity index (χ1n) is 5.41. The van der Waals surface area contributed by atoms with E-state index in [0.717, 1.165) is 5.56 Å². The number of benzene rings is 1. The second-order valence-corrected chi connectivity index (χ2v) is 4.18. The number of hydrogen-bond donors (Lipinski definition) is 1. The van der Waals surface area contributed by atoms with Gasteiger partial charge < -0.3 is 5.32 Å². The molecular weight excluding hydrogens is 258 g/mol. The molecule has 1 N–H and O–H groups in total. The zero-order valence-electron chi connectivity index (χ0n) is 9.46. The summed E-state index contributed by atoms with van der Waals surface area (Å²) in [5.74, 6) is -1.09. The lowest BCUT2D eigenvalue weighted by Crippen LogP contribution is -2.15. The molecule has 5 heteroatoms. The Bertz CT molecular complexity index is 509. The number of nitrogens with zero attached hydrogens (tertiary/aromatic N) is 1. The van der Waals surface area contributed by atoms with Gasteiger partial charge in [0.05, 0.1) is 0 Å². The molecule has 0 fully saturated rings. The standard InChI is InChI=1S/C13H11ClF2N2/c14-13-5-4-9(7-18-13)6-17-8-10-11(15)2-1-3-12(10)16/h1-5,7,17H,6,8H2. The van der Waals surface area contributed by atoms with Crippen LogP contribution < -0.4 is 5.32 Å². The molecule has 0 aliphatic heterocycles. The topological polar surface area (TPSA) is 24.9 Å². The Morgan fingerprint density at radius 2 is 1.78 bits per heavy atom. The number of pyridine rings is 1. The molecule has 0 radical (unpaired) electrons. The van der Waals surface area contributed by atoms with Crippen LogP contribution in [-0.4, -0.2) is 4.98 Å². The van der Waals surface area contributed by atoms with Gasteiger partial charge in [-0.05, 0) is 23.8 Å². The third-order valence-electron chi connectivity index (χ3n) is 2.48. The maximum absolute atomic E-state index is 13.3. The van der Waals surface area contributed by atoms with Gasteiger partial charge in [0.2, 0.25) is 0 Å². The maximum Gasteiger partial charge on any atom is 0.130 e. The third-order valence-corrected chi connectivity index (χ3v) is 2.70. The van der Waals surface area contributed by atoms with Gasteiger partial charge in [-0.2, -0.15) is 0 Å². The zero-order chi connectivity index (χ0) is 13.0. The van der Waals surface area contributed by atoms with Crippen LogP contribution in [-0.2, 0) is 13.1 Å². The summed E-state index contributed by atoms with van der Waals surface area (Å²) in [4.78, 5) is 3.92. The van der Waals surface area contributed by atoms with Crippen molar-refractivity contribution < 1.29 is 8.78 Å². The van der Waals surface area contributed by atoms with Crippen LogP contribution in [0.15, 0.2) is 36.5 Å². The summed E-state index contributed by atoms with van der Waals surface area (Å²) in [6, 6.07) is 7.30. The molecule has 2 rings (SSSR count). The van der Waals surface area contributed by atoms with Crippen LogP contribution >= 0.6 is 11.6 Å². The first-order chi connectivity index (χ1) is 8.66. The molecule has 94 valence electrons. The molecule has 0 unspecified atom stereocenters. The lowest BCUT2D eigenvalue weighted by atomic mass is 10.2. The minimum absolute atomic E-state index is 0.0411. The van der Waals surface area contributed by atoms with E-state index < -0.39 is 11.6 Å². The highest BCUT2D eigenvalue weighted by Crippen LogP contribution is 2.12. The predicted octanol–water partition coefficient (Wildman–Crippen LogP) is 3.30. The zero-order valence-corrected chi connectivity index (χ0v) is 10.2. The van der Waals surface area contributed by atoms with Crippen molar-refractivity contribution in [3.8, 4) is 0 Å². The average Bonchev–Trinajstić information content (AvgIpc) is 2.35. The van der Waals surface area contributed by atoms with Crippen LogP contribution in [0.25, 0.3) is 0 Å². The van der Waals surface area contributed by atoms with Crippen molar-refractivity contribution in [3.05, 3.63) is 64.4 Å². The summed E-state index contributed by atoms with van der Waals surface area (Å²) in [5.41, 5.74) is 0.940. The van der Waals surface area contributed by atoms with E-state index in [1.807, 2.05) is 0 Å². The summed E-state index contributed by atoms with van der Waals surface area (Å²) in [6.45, 7) is 0.596. The van der Waals surface area contributed by atoms with Crippen molar-refractivity contribution in [3.63, 3.8) is 0 Å². The molecule has 2 aromatic rings. The fourth-order valence-corrected chi connectivity index (χ4v) is 1.66. The highest BCUT2D eigenvalue weighted by atomic mass is 35.5. The Morgan fingerprint density at radius 1 is 1.06 bits per heavy atom. The molecule has 0 saturated carbocycles. The second kappa shape index (κ2) is 5.89. The first kappa shape index (κ1) is 12.9. The summed E-state index contributed by atoms with van der Waals surface area (Å²) < 4.78 is 26.6. The van der Waals surface area contributed by atoms with Gasteiger partial charge in [0, 0.05) is 24.8 Å². The molecule has 1 aromatic carbocycles. The van der Waals surface area contributed by atoms with Gasteiger partial charge >= 0.3 is 0 Å². The molecule has 0 atom stereocenters. The second-order valence-electron chi connectivity index (χ2n) is 3.79. The highest BCUT2D eigenvalue weighted by molar-refractivity contribution is 6.29. The van der Waals surface area contributed by atoms with Crippen LogP contribution in [0.1, 0.15) is 11.1 Å². The summed E-state index contributed by atoms with van der Waals surface area (Å²) in [6.07, 6.45) is 1.62. The summed E-state index contributed by atoms with van der Waals surface area (Å²) in [5, 5.41) is 3.37. The molecule has 0 bridgehead atoms. The van der Waals surface area contributed by atoms with E-state index in [1.54, 1.807) is 18.3 Å². The highest BCUT2D eigenvalue weighted by Gasteiger charge is 2.07. The average molecular weight is 269 g/mol. The molecule has 0 spiro atoms. The van der Waals surface area contributed by atoms with Gasteiger partial charge in [0.15, 0.2) is 0 Å². The van der Waals surface area contributed by atoms with E-state index >= 15 is 0 Å². The van der Waals surface area contributed by atoms with Crippen molar-refractivity contribution in [2.45, 2.75) is 13.1 Å². The van der Waals surface area contributed by atoms with E-state index in [2.05, 4.69) is 10.3 Å². The van der Waals surface area contributed by atoms with Gasteiger partial charge in [0.1, 0.15) is 16.8 Å². The molecule has 0 amide bonds. The Morgan fingerprint density at radius 3 is 2.39 bits per heavy atom. The molecular formula is C13H11ClF2N2. The van der Waals surface area contributed by atoms with Crippen LogP contribution in [0, 0.1) is 11.6 Å². The largest absolute Gasteiger partial charge is 0.308 e. The lowest BCUT2D eigenvalue weighted by molar-refractivity contribution is 0.535. The van der Waals surface area contributed by atoms with Gasteiger partial charge in [-0.25, -0.2) is 13.8 Å². The van der Waals surface area contributed by atoms with E-state index in [0.29, 0.717) is 11.7 Å². The molecule has 0 aliphatic rings. The first-order valence-corrected chi connectivity index (χ1v) is 5.78. The van der Waals surface area contributed by atoms with Crippen molar-refractivity contribution >= 4 is 11.6 Å². The number of nitrogens with one attached hydrogen (secondary N) is 1. The van der Waals surface area contributed by atoms with Gasteiger partial charge in [-0.1, -0.05) is 23.7 Å². The number of hydrogen-bond acceptors (Lipinski definition) is 2. The number of halogens is 3. The van der Waals surface area contributed by atoms with E-state index in [1.165, 1.54) is 18.2 Å². The summed E-state index contributed by atoms with van der Waals surface area (Å²) in [7, 11) is 0. The van der Waals surface area contributed by atoms with Crippen molar-refractivity contribution in [2.75, 3.05) is 0 Å².